The molecular weight excluding hydrogens is 324 g/mol. The summed E-state index contributed by atoms with van der Waals surface area (Å²) in [6.07, 6.45) is 1.30. The first-order chi connectivity index (χ1) is 9.23. The Kier molecular flexibility index (Phi) is 5.88. The summed E-state index contributed by atoms with van der Waals surface area (Å²) in [4.78, 5) is 16.7. The monoisotopic (exact) mass is 344 g/mol. The lowest BCUT2D eigenvalue weighted by Gasteiger charge is -2.26. The van der Waals surface area contributed by atoms with Crippen LogP contribution >= 0.6 is 15.9 Å². The molecule has 0 saturated carbocycles. The fourth-order valence-corrected chi connectivity index (χ4v) is 2.27. The van der Waals surface area contributed by atoms with E-state index in [2.05, 4.69) is 45.0 Å². The van der Waals surface area contributed by atoms with Crippen molar-refractivity contribution in [3.05, 3.63) is 26.3 Å². The first-order valence-electron chi connectivity index (χ1n) is 6.44. The van der Waals surface area contributed by atoms with Crippen LogP contribution < -0.4 is 5.32 Å². The van der Waals surface area contributed by atoms with Gasteiger partial charge in [0.2, 0.25) is 0 Å². The molecule has 0 bridgehead atoms. The highest BCUT2D eigenvalue weighted by Gasteiger charge is 2.20. The summed E-state index contributed by atoms with van der Waals surface area (Å²) in [5.74, 6) is 1.07. The van der Waals surface area contributed by atoms with E-state index in [9.17, 15) is 10.1 Å². The number of nitro groups is 1. The highest BCUT2D eigenvalue weighted by molar-refractivity contribution is 9.10. The van der Waals surface area contributed by atoms with Gasteiger partial charge >= 0.3 is 0 Å². The van der Waals surface area contributed by atoms with Crippen molar-refractivity contribution in [2.75, 3.05) is 26.0 Å². The molecule has 1 heterocycles. The third-order valence-corrected chi connectivity index (χ3v) is 4.09. The molecule has 1 unspecified atom stereocenters. The molecule has 112 valence electrons. The van der Waals surface area contributed by atoms with Crippen molar-refractivity contribution in [3.8, 4) is 0 Å². The summed E-state index contributed by atoms with van der Waals surface area (Å²) < 4.78 is 0.649. The Morgan fingerprint density at radius 2 is 2.10 bits per heavy atom. The minimum atomic E-state index is -0.420. The molecule has 1 atom stereocenters. The van der Waals surface area contributed by atoms with Gasteiger partial charge in [0.15, 0.2) is 0 Å². The van der Waals surface area contributed by atoms with E-state index in [-0.39, 0.29) is 11.7 Å². The van der Waals surface area contributed by atoms with E-state index in [4.69, 9.17) is 0 Å². The molecular formula is C13H21BrN4O2. The van der Waals surface area contributed by atoms with Crippen LogP contribution in [0.3, 0.4) is 0 Å². The number of hydrogen-bond acceptors (Lipinski definition) is 5. The molecule has 0 saturated heterocycles. The number of rotatable bonds is 6. The maximum absolute atomic E-state index is 10.9. The Morgan fingerprint density at radius 3 is 2.55 bits per heavy atom. The van der Waals surface area contributed by atoms with E-state index in [1.165, 1.54) is 6.20 Å². The first kappa shape index (κ1) is 16.8. The topological polar surface area (TPSA) is 71.3 Å². The molecule has 20 heavy (non-hydrogen) atoms. The second-order valence-corrected chi connectivity index (χ2v) is 6.24. The maximum atomic E-state index is 10.9. The van der Waals surface area contributed by atoms with Crippen LogP contribution in [0.25, 0.3) is 0 Å². The maximum Gasteiger partial charge on any atom is 0.291 e. The van der Waals surface area contributed by atoms with Crippen molar-refractivity contribution < 1.29 is 4.92 Å². The van der Waals surface area contributed by atoms with Crippen molar-refractivity contribution in [3.63, 3.8) is 0 Å². The van der Waals surface area contributed by atoms with Crippen molar-refractivity contribution in [2.45, 2.75) is 26.8 Å². The molecule has 7 heteroatoms. The molecule has 0 aliphatic carbocycles. The minimum Gasteiger partial charge on any atom is -0.365 e. The van der Waals surface area contributed by atoms with E-state index in [1.54, 1.807) is 6.92 Å². The third-order valence-electron chi connectivity index (χ3n) is 3.12. The number of aromatic nitrogens is 1. The summed E-state index contributed by atoms with van der Waals surface area (Å²) in [7, 11) is 4.03. The van der Waals surface area contributed by atoms with Crippen LogP contribution in [-0.4, -0.2) is 41.5 Å². The van der Waals surface area contributed by atoms with Crippen LogP contribution in [0, 0.1) is 23.0 Å². The number of anilines is 1. The average Bonchev–Trinajstić information content (AvgIpc) is 2.32. The van der Waals surface area contributed by atoms with Gasteiger partial charge in [0.05, 0.1) is 9.40 Å². The number of likely N-dealkylation sites (N-methyl/N-ethyl adjacent to an activating group) is 1. The summed E-state index contributed by atoms with van der Waals surface area (Å²) in [6, 6.07) is 0.217. The Bertz CT molecular complexity index is 492. The van der Waals surface area contributed by atoms with Crippen molar-refractivity contribution in [1.82, 2.24) is 9.88 Å². The highest BCUT2D eigenvalue weighted by Crippen LogP contribution is 2.31. The molecule has 1 N–H and O–H groups in total. The van der Waals surface area contributed by atoms with Gasteiger partial charge < -0.3 is 10.2 Å². The van der Waals surface area contributed by atoms with Crippen LogP contribution in [0.15, 0.2) is 10.7 Å². The van der Waals surface area contributed by atoms with E-state index < -0.39 is 4.92 Å². The van der Waals surface area contributed by atoms with Crippen LogP contribution in [0.1, 0.15) is 19.4 Å². The molecule has 1 rings (SSSR count). The van der Waals surface area contributed by atoms with Crippen molar-refractivity contribution in [2.24, 2.45) is 5.92 Å². The number of nitrogens with one attached hydrogen (secondary N) is 1. The zero-order valence-electron chi connectivity index (χ0n) is 12.5. The van der Waals surface area contributed by atoms with E-state index in [0.29, 0.717) is 21.8 Å². The van der Waals surface area contributed by atoms with Gasteiger partial charge in [0.1, 0.15) is 12.0 Å². The predicted octanol–water partition coefficient (Wildman–Crippen LogP) is 3.06. The van der Waals surface area contributed by atoms with Gasteiger partial charge in [0.25, 0.3) is 5.69 Å². The Balaban J connectivity index is 3.02. The van der Waals surface area contributed by atoms with E-state index in [0.717, 1.165) is 6.54 Å². The first-order valence-corrected chi connectivity index (χ1v) is 7.24. The Morgan fingerprint density at radius 1 is 1.50 bits per heavy atom. The lowest BCUT2D eigenvalue weighted by Crippen LogP contribution is -2.36. The molecule has 0 aliphatic heterocycles. The molecule has 0 radical (unpaired) electrons. The molecule has 0 amide bonds. The Labute approximate surface area is 127 Å². The van der Waals surface area contributed by atoms with E-state index >= 15 is 0 Å². The number of pyridine rings is 1. The van der Waals surface area contributed by atoms with Crippen LogP contribution in [0.4, 0.5) is 11.5 Å². The SMILES string of the molecule is Cc1c([N+](=O)[O-])cnc(NC(CN(C)C)C(C)C)c1Br. The second kappa shape index (κ2) is 6.99. The summed E-state index contributed by atoms with van der Waals surface area (Å²) in [6.45, 7) is 6.84. The summed E-state index contributed by atoms with van der Waals surface area (Å²) >= 11 is 3.40. The molecule has 0 spiro atoms. The fraction of sp³-hybridized carbons (Fsp3) is 0.615. The van der Waals surface area contributed by atoms with Crippen LogP contribution in [0.5, 0.6) is 0 Å². The second-order valence-electron chi connectivity index (χ2n) is 5.45. The van der Waals surface area contributed by atoms with Crippen molar-refractivity contribution >= 4 is 27.4 Å². The molecule has 1 aromatic heterocycles. The smallest absolute Gasteiger partial charge is 0.291 e. The molecule has 0 fully saturated rings. The number of hydrogen-bond donors (Lipinski definition) is 1. The Hall–Kier alpha value is -1.21. The normalized spacial score (nSPS) is 12.8. The van der Waals surface area contributed by atoms with Gasteiger partial charge in [0, 0.05) is 18.2 Å². The van der Waals surface area contributed by atoms with Gasteiger partial charge in [-0.25, -0.2) is 4.98 Å². The molecule has 0 aromatic carbocycles. The number of nitrogens with zero attached hydrogens (tertiary/aromatic N) is 3. The van der Waals surface area contributed by atoms with Crippen LogP contribution in [-0.2, 0) is 0 Å². The molecule has 1 aromatic rings. The van der Waals surface area contributed by atoms with E-state index in [1.807, 2.05) is 14.1 Å². The minimum absolute atomic E-state index is 0.0242. The fourth-order valence-electron chi connectivity index (χ4n) is 1.85. The quantitative estimate of drug-likeness (QED) is 0.634. The standard InChI is InChI=1S/C13H21BrN4O2/c1-8(2)10(7-17(4)5)16-13-12(14)9(3)11(6-15-13)18(19)20/h6,8,10H,7H2,1-5H3,(H,15,16). The van der Waals surface area contributed by atoms with Gasteiger partial charge in [-0.2, -0.15) is 0 Å². The lowest BCUT2D eigenvalue weighted by atomic mass is 10.0. The predicted molar refractivity (Wildman–Crippen MR) is 84.1 cm³/mol. The molecule has 6 nitrogen and oxygen atoms in total. The van der Waals surface area contributed by atoms with Gasteiger partial charge in [-0.3, -0.25) is 10.1 Å². The van der Waals surface area contributed by atoms with Gasteiger partial charge in [-0.15, -0.1) is 0 Å². The van der Waals surface area contributed by atoms with Gasteiger partial charge in [-0.05, 0) is 42.9 Å². The highest BCUT2D eigenvalue weighted by atomic mass is 79.9. The number of halogens is 1. The van der Waals surface area contributed by atoms with Crippen LogP contribution in [0.2, 0.25) is 0 Å². The summed E-state index contributed by atoms with van der Waals surface area (Å²) in [5, 5.41) is 14.2. The van der Waals surface area contributed by atoms with Crippen molar-refractivity contribution in [1.29, 1.82) is 0 Å². The lowest BCUT2D eigenvalue weighted by molar-refractivity contribution is -0.385. The zero-order chi connectivity index (χ0) is 15.4. The summed E-state index contributed by atoms with van der Waals surface area (Å²) in [5.41, 5.74) is 0.607. The van der Waals surface area contributed by atoms with Gasteiger partial charge in [-0.1, -0.05) is 13.8 Å². The average molecular weight is 345 g/mol. The zero-order valence-corrected chi connectivity index (χ0v) is 14.1. The third kappa shape index (κ3) is 4.14. The molecule has 0 aliphatic rings. The largest absolute Gasteiger partial charge is 0.365 e.